The molecule has 0 aromatic carbocycles. The van der Waals surface area contributed by atoms with Gasteiger partial charge in [-0.15, -0.1) is 0 Å². The highest BCUT2D eigenvalue weighted by Gasteiger charge is 2.48. The van der Waals surface area contributed by atoms with E-state index >= 15 is 0 Å². The molecule has 1 fully saturated rings. The predicted octanol–water partition coefficient (Wildman–Crippen LogP) is 4.21. The van der Waals surface area contributed by atoms with Crippen LogP contribution in [0.2, 0.25) is 0 Å². The fourth-order valence-electron chi connectivity index (χ4n) is 2.35. The third-order valence-corrected chi connectivity index (χ3v) is 4.62. The average Bonchev–Trinajstić information content (AvgIpc) is 2.73. The van der Waals surface area contributed by atoms with E-state index in [9.17, 15) is 18.0 Å². The number of aromatic nitrogens is 1. The van der Waals surface area contributed by atoms with Gasteiger partial charge in [0.15, 0.2) is 5.13 Å². The number of thiazole rings is 1. The summed E-state index contributed by atoms with van der Waals surface area (Å²) >= 11 is 4.37. The third-order valence-electron chi connectivity index (χ3n) is 3.23. The fraction of sp³-hybridized carbons (Fsp3) is 0.636. The molecule has 2 atom stereocenters. The van der Waals surface area contributed by atoms with Crippen LogP contribution in [0.4, 0.5) is 18.3 Å². The molecule has 19 heavy (non-hydrogen) atoms. The molecule has 1 aliphatic rings. The first kappa shape index (κ1) is 14.8. The van der Waals surface area contributed by atoms with Crippen molar-refractivity contribution in [3.05, 3.63) is 9.98 Å². The SMILES string of the molecule is O=C(Nc1ncc(Br)s1)C1CCCCC1C(F)(F)F. The quantitative estimate of drug-likeness (QED) is 0.862. The molecule has 1 saturated carbocycles. The molecule has 2 rings (SSSR count). The summed E-state index contributed by atoms with van der Waals surface area (Å²) in [5, 5.41) is 2.80. The summed E-state index contributed by atoms with van der Waals surface area (Å²) < 4.78 is 39.4. The van der Waals surface area contributed by atoms with Gasteiger partial charge in [-0.25, -0.2) is 4.98 Å². The summed E-state index contributed by atoms with van der Waals surface area (Å²) in [5.74, 6) is -3.12. The molecule has 0 bridgehead atoms. The molecule has 1 aromatic rings. The monoisotopic (exact) mass is 356 g/mol. The van der Waals surface area contributed by atoms with Gasteiger partial charge in [0.1, 0.15) is 0 Å². The summed E-state index contributed by atoms with van der Waals surface area (Å²) in [6, 6.07) is 0. The largest absolute Gasteiger partial charge is 0.392 e. The van der Waals surface area contributed by atoms with Crippen LogP contribution < -0.4 is 5.32 Å². The van der Waals surface area contributed by atoms with Gasteiger partial charge in [-0.2, -0.15) is 13.2 Å². The summed E-state index contributed by atoms with van der Waals surface area (Å²) in [4.78, 5) is 15.9. The van der Waals surface area contributed by atoms with Crippen LogP contribution in [-0.2, 0) is 4.79 Å². The first-order valence-corrected chi connectivity index (χ1v) is 7.48. The highest BCUT2D eigenvalue weighted by Crippen LogP contribution is 2.42. The molecule has 1 aromatic heterocycles. The number of nitrogens with zero attached hydrogens (tertiary/aromatic N) is 1. The Balaban J connectivity index is 2.07. The number of nitrogens with one attached hydrogen (secondary N) is 1. The molecule has 0 radical (unpaired) electrons. The Labute approximate surface area is 120 Å². The zero-order valence-electron chi connectivity index (χ0n) is 9.84. The number of carbonyl (C=O) groups excluding carboxylic acids is 1. The van der Waals surface area contributed by atoms with Crippen molar-refractivity contribution in [2.75, 3.05) is 5.32 Å². The fourth-order valence-corrected chi connectivity index (χ4v) is 3.46. The standard InChI is InChI=1S/C11H12BrF3N2OS/c12-8-5-16-10(19-8)17-9(18)6-3-1-2-4-7(6)11(13,14)15/h5-7H,1-4H2,(H,16,17,18). The minimum absolute atomic E-state index is 0.0309. The number of carbonyl (C=O) groups is 1. The number of rotatable bonds is 2. The van der Waals surface area contributed by atoms with E-state index in [0.717, 1.165) is 3.79 Å². The van der Waals surface area contributed by atoms with Gasteiger partial charge >= 0.3 is 6.18 Å². The predicted molar refractivity (Wildman–Crippen MR) is 69.9 cm³/mol. The van der Waals surface area contributed by atoms with Crippen LogP contribution in [0.1, 0.15) is 25.7 Å². The molecule has 1 heterocycles. The van der Waals surface area contributed by atoms with Crippen LogP contribution in [0, 0.1) is 11.8 Å². The van der Waals surface area contributed by atoms with Gasteiger partial charge in [0.2, 0.25) is 5.91 Å². The third kappa shape index (κ3) is 3.68. The maximum atomic E-state index is 12.9. The Hall–Kier alpha value is -0.630. The van der Waals surface area contributed by atoms with Gasteiger partial charge in [-0.3, -0.25) is 4.79 Å². The van der Waals surface area contributed by atoms with Crippen LogP contribution in [0.5, 0.6) is 0 Å². The van der Waals surface area contributed by atoms with E-state index in [1.807, 2.05) is 0 Å². The maximum absolute atomic E-state index is 12.9. The van der Waals surface area contributed by atoms with Crippen LogP contribution in [0.15, 0.2) is 9.98 Å². The minimum atomic E-state index is -4.31. The van der Waals surface area contributed by atoms with E-state index < -0.39 is 23.9 Å². The molecule has 0 spiro atoms. The molecule has 2 unspecified atom stereocenters. The number of amides is 1. The van der Waals surface area contributed by atoms with Crippen LogP contribution in [-0.4, -0.2) is 17.1 Å². The van der Waals surface area contributed by atoms with E-state index in [2.05, 4.69) is 26.2 Å². The second-order valence-electron chi connectivity index (χ2n) is 4.50. The van der Waals surface area contributed by atoms with Crippen molar-refractivity contribution in [3.63, 3.8) is 0 Å². The average molecular weight is 357 g/mol. The van der Waals surface area contributed by atoms with E-state index in [-0.39, 0.29) is 12.8 Å². The zero-order valence-corrected chi connectivity index (χ0v) is 12.2. The molecule has 8 heteroatoms. The molecule has 1 N–H and O–H groups in total. The van der Waals surface area contributed by atoms with E-state index in [0.29, 0.717) is 18.0 Å². The van der Waals surface area contributed by atoms with Gasteiger partial charge in [0.25, 0.3) is 0 Å². The number of halogens is 4. The van der Waals surface area contributed by atoms with Crippen molar-refractivity contribution in [2.24, 2.45) is 11.8 Å². The number of hydrogen-bond donors (Lipinski definition) is 1. The van der Waals surface area contributed by atoms with E-state index in [1.165, 1.54) is 17.5 Å². The lowest BCUT2D eigenvalue weighted by molar-refractivity contribution is -0.197. The summed E-state index contributed by atoms with van der Waals surface area (Å²) in [5.41, 5.74) is 0. The lowest BCUT2D eigenvalue weighted by Crippen LogP contribution is -2.39. The molecular formula is C11H12BrF3N2OS. The van der Waals surface area contributed by atoms with Gasteiger partial charge in [-0.1, -0.05) is 24.2 Å². The molecular weight excluding hydrogens is 345 g/mol. The van der Waals surface area contributed by atoms with Gasteiger partial charge < -0.3 is 5.32 Å². The molecule has 3 nitrogen and oxygen atoms in total. The zero-order chi connectivity index (χ0) is 14.0. The highest BCUT2D eigenvalue weighted by molar-refractivity contribution is 9.11. The Morgan fingerprint density at radius 2 is 2.11 bits per heavy atom. The Morgan fingerprint density at radius 1 is 1.42 bits per heavy atom. The Bertz CT molecular complexity index is 463. The van der Waals surface area contributed by atoms with Gasteiger partial charge in [-0.05, 0) is 28.8 Å². The topological polar surface area (TPSA) is 42.0 Å². The first-order chi connectivity index (χ1) is 8.88. The molecule has 0 saturated heterocycles. The summed E-state index contributed by atoms with van der Waals surface area (Å²) in [6.07, 6.45) is -1.32. The molecule has 1 amide bonds. The number of alkyl halides is 3. The van der Waals surface area contributed by atoms with Crippen molar-refractivity contribution in [1.82, 2.24) is 4.98 Å². The molecule has 1 aliphatic carbocycles. The normalized spacial score (nSPS) is 24.2. The summed E-state index contributed by atoms with van der Waals surface area (Å²) in [6.45, 7) is 0. The molecule has 0 aliphatic heterocycles. The van der Waals surface area contributed by atoms with Crippen molar-refractivity contribution < 1.29 is 18.0 Å². The second kappa shape index (κ2) is 5.78. The lowest BCUT2D eigenvalue weighted by Gasteiger charge is -2.31. The van der Waals surface area contributed by atoms with E-state index in [4.69, 9.17) is 0 Å². The minimum Gasteiger partial charge on any atom is -0.302 e. The van der Waals surface area contributed by atoms with Crippen molar-refractivity contribution in [2.45, 2.75) is 31.9 Å². The highest BCUT2D eigenvalue weighted by atomic mass is 79.9. The smallest absolute Gasteiger partial charge is 0.302 e. The van der Waals surface area contributed by atoms with E-state index in [1.54, 1.807) is 0 Å². The second-order valence-corrected chi connectivity index (χ2v) is 6.91. The lowest BCUT2D eigenvalue weighted by atomic mass is 9.78. The molecule has 106 valence electrons. The summed E-state index contributed by atoms with van der Waals surface area (Å²) in [7, 11) is 0. The number of anilines is 1. The van der Waals surface area contributed by atoms with Gasteiger partial charge in [0.05, 0.1) is 15.9 Å². The van der Waals surface area contributed by atoms with Gasteiger partial charge in [0, 0.05) is 5.92 Å². The first-order valence-electron chi connectivity index (χ1n) is 5.87. The number of hydrogen-bond acceptors (Lipinski definition) is 3. The van der Waals surface area contributed by atoms with Crippen LogP contribution >= 0.6 is 27.3 Å². The van der Waals surface area contributed by atoms with Crippen molar-refractivity contribution in [1.29, 1.82) is 0 Å². The Kier molecular flexibility index (Phi) is 4.50. The Morgan fingerprint density at radius 3 is 2.68 bits per heavy atom. The van der Waals surface area contributed by atoms with Crippen molar-refractivity contribution >= 4 is 38.3 Å². The van der Waals surface area contributed by atoms with Crippen LogP contribution in [0.3, 0.4) is 0 Å². The van der Waals surface area contributed by atoms with Crippen molar-refractivity contribution in [3.8, 4) is 0 Å². The van der Waals surface area contributed by atoms with Crippen LogP contribution in [0.25, 0.3) is 0 Å². The maximum Gasteiger partial charge on any atom is 0.392 e.